The van der Waals surface area contributed by atoms with Gasteiger partial charge in [0, 0.05) is 0 Å². The molecule has 0 amide bonds. The standard InChI is InChI=1S/C7H2ClF6NO/c8-2-4(16-1-7(12,13)14)3(9)6(11)15-5(2)10/h1H2. The van der Waals surface area contributed by atoms with Crippen molar-refractivity contribution in [1.82, 2.24) is 4.98 Å². The molecule has 0 saturated heterocycles. The van der Waals surface area contributed by atoms with Crippen LogP contribution in [0.5, 0.6) is 5.75 Å². The fourth-order valence-corrected chi connectivity index (χ4v) is 0.929. The molecule has 1 aromatic heterocycles. The highest BCUT2D eigenvalue weighted by molar-refractivity contribution is 6.32. The highest BCUT2D eigenvalue weighted by atomic mass is 35.5. The molecule has 0 unspecified atom stereocenters. The molecule has 0 aliphatic heterocycles. The van der Waals surface area contributed by atoms with Gasteiger partial charge in [0.1, 0.15) is 5.02 Å². The van der Waals surface area contributed by atoms with Crippen LogP contribution in [0, 0.1) is 17.7 Å². The van der Waals surface area contributed by atoms with Gasteiger partial charge in [0.15, 0.2) is 12.4 Å². The number of nitrogens with zero attached hydrogens (tertiary/aromatic N) is 1. The van der Waals surface area contributed by atoms with E-state index in [4.69, 9.17) is 11.6 Å². The molecular formula is C7H2ClF6NO. The van der Waals surface area contributed by atoms with E-state index in [1.54, 1.807) is 0 Å². The molecule has 9 heteroatoms. The van der Waals surface area contributed by atoms with Crippen molar-refractivity contribution in [3.63, 3.8) is 0 Å². The minimum atomic E-state index is -4.79. The van der Waals surface area contributed by atoms with Gasteiger partial charge in [-0.2, -0.15) is 31.3 Å². The summed E-state index contributed by atoms with van der Waals surface area (Å²) in [6, 6.07) is 0. The summed E-state index contributed by atoms with van der Waals surface area (Å²) >= 11 is 5.06. The Morgan fingerprint density at radius 2 is 1.69 bits per heavy atom. The van der Waals surface area contributed by atoms with E-state index in [1.807, 2.05) is 0 Å². The predicted octanol–water partition coefficient (Wildman–Crippen LogP) is 3.09. The van der Waals surface area contributed by atoms with E-state index in [9.17, 15) is 26.3 Å². The minimum absolute atomic E-state index is 1.15. The summed E-state index contributed by atoms with van der Waals surface area (Å²) in [4.78, 5) is 2.38. The normalized spacial score (nSPS) is 11.7. The van der Waals surface area contributed by atoms with Crippen LogP contribution in [-0.2, 0) is 0 Å². The van der Waals surface area contributed by atoms with Crippen LogP contribution in [0.25, 0.3) is 0 Å². The van der Waals surface area contributed by atoms with Crippen LogP contribution in [-0.4, -0.2) is 17.8 Å². The lowest BCUT2D eigenvalue weighted by atomic mass is 10.4. The van der Waals surface area contributed by atoms with Crippen molar-refractivity contribution < 1.29 is 31.1 Å². The van der Waals surface area contributed by atoms with Gasteiger partial charge in [0.2, 0.25) is 11.8 Å². The van der Waals surface area contributed by atoms with Crippen LogP contribution in [0.4, 0.5) is 26.3 Å². The highest BCUT2D eigenvalue weighted by Gasteiger charge is 2.31. The fourth-order valence-electron chi connectivity index (χ4n) is 0.749. The summed E-state index contributed by atoms with van der Waals surface area (Å²) < 4.78 is 76.9. The van der Waals surface area contributed by atoms with Crippen LogP contribution in [0.15, 0.2) is 0 Å². The molecule has 1 rings (SSSR count). The maximum atomic E-state index is 12.8. The predicted molar refractivity (Wildman–Crippen MR) is 40.7 cm³/mol. The van der Waals surface area contributed by atoms with Crippen LogP contribution >= 0.6 is 11.6 Å². The molecule has 0 atom stereocenters. The molecule has 0 aliphatic rings. The van der Waals surface area contributed by atoms with E-state index in [-0.39, 0.29) is 0 Å². The Bertz CT molecular complexity index is 381. The van der Waals surface area contributed by atoms with Gasteiger partial charge in [-0.25, -0.2) is 0 Å². The molecule has 16 heavy (non-hydrogen) atoms. The Hall–Kier alpha value is -1.18. The lowest BCUT2D eigenvalue weighted by molar-refractivity contribution is -0.153. The van der Waals surface area contributed by atoms with Crippen molar-refractivity contribution in [3.05, 3.63) is 22.7 Å². The summed E-state index contributed by atoms with van der Waals surface area (Å²) in [6.45, 7) is -1.92. The number of pyridine rings is 1. The molecule has 0 fully saturated rings. The largest absolute Gasteiger partial charge is 0.479 e. The Balaban J connectivity index is 3.04. The average molecular weight is 266 g/mol. The summed E-state index contributed by atoms with van der Waals surface area (Å²) in [5, 5.41) is -1.15. The number of halogens is 7. The smallest absolute Gasteiger partial charge is 0.422 e. The van der Waals surface area contributed by atoms with Crippen molar-refractivity contribution in [3.8, 4) is 5.75 Å². The third-order valence-electron chi connectivity index (χ3n) is 1.34. The third-order valence-corrected chi connectivity index (χ3v) is 1.67. The summed E-state index contributed by atoms with van der Waals surface area (Å²) in [7, 11) is 0. The van der Waals surface area contributed by atoms with Gasteiger partial charge in [0.25, 0.3) is 5.95 Å². The van der Waals surface area contributed by atoms with Gasteiger partial charge in [-0.05, 0) is 0 Å². The van der Waals surface area contributed by atoms with Crippen molar-refractivity contribution in [2.24, 2.45) is 0 Å². The second kappa shape index (κ2) is 4.36. The zero-order chi connectivity index (χ0) is 12.5. The maximum absolute atomic E-state index is 12.8. The fraction of sp³-hybridized carbons (Fsp3) is 0.286. The van der Waals surface area contributed by atoms with Crippen LogP contribution in [0.2, 0.25) is 5.02 Å². The SMILES string of the molecule is Fc1nc(F)c(Cl)c(OCC(F)(F)F)c1F. The molecule has 0 spiro atoms. The Kier molecular flexibility index (Phi) is 3.51. The van der Waals surface area contributed by atoms with Crippen molar-refractivity contribution in [1.29, 1.82) is 0 Å². The molecule has 0 saturated carbocycles. The molecule has 90 valence electrons. The second-order valence-corrected chi connectivity index (χ2v) is 2.93. The molecular weight excluding hydrogens is 264 g/mol. The molecule has 0 N–H and O–H groups in total. The minimum Gasteiger partial charge on any atom is -0.479 e. The number of aromatic nitrogens is 1. The number of hydrogen-bond donors (Lipinski definition) is 0. The number of hydrogen-bond acceptors (Lipinski definition) is 2. The van der Waals surface area contributed by atoms with Crippen molar-refractivity contribution >= 4 is 11.6 Å². The highest BCUT2D eigenvalue weighted by Crippen LogP contribution is 2.31. The molecule has 0 aliphatic carbocycles. The zero-order valence-corrected chi connectivity index (χ0v) is 7.96. The number of ether oxygens (including phenoxy) is 1. The van der Waals surface area contributed by atoms with E-state index in [0.29, 0.717) is 0 Å². The van der Waals surface area contributed by atoms with Gasteiger partial charge in [-0.15, -0.1) is 0 Å². The second-order valence-electron chi connectivity index (χ2n) is 2.55. The Morgan fingerprint density at radius 3 is 2.19 bits per heavy atom. The molecule has 0 aromatic carbocycles. The monoisotopic (exact) mass is 265 g/mol. The van der Waals surface area contributed by atoms with Gasteiger partial charge in [-0.3, -0.25) is 0 Å². The van der Waals surface area contributed by atoms with Gasteiger partial charge in [0.05, 0.1) is 0 Å². The maximum Gasteiger partial charge on any atom is 0.422 e. The average Bonchev–Trinajstić information content (AvgIpc) is 2.13. The van der Waals surface area contributed by atoms with Gasteiger partial charge in [-0.1, -0.05) is 11.6 Å². The summed E-state index contributed by atoms with van der Waals surface area (Å²) in [5.41, 5.74) is 0. The van der Waals surface area contributed by atoms with E-state index >= 15 is 0 Å². The van der Waals surface area contributed by atoms with Crippen molar-refractivity contribution in [2.75, 3.05) is 6.61 Å². The summed E-state index contributed by atoms with van der Waals surface area (Å²) in [5.74, 6) is -6.82. The van der Waals surface area contributed by atoms with E-state index in [0.717, 1.165) is 0 Å². The zero-order valence-electron chi connectivity index (χ0n) is 7.21. The topological polar surface area (TPSA) is 22.1 Å². The van der Waals surface area contributed by atoms with Crippen LogP contribution in [0.3, 0.4) is 0 Å². The van der Waals surface area contributed by atoms with E-state index in [2.05, 4.69) is 9.72 Å². The Labute approximate surface area is 89.8 Å². The third kappa shape index (κ3) is 2.91. The van der Waals surface area contributed by atoms with Crippen LogP contribution in [0.1, 0.15) is 0 Å². The Morgan fingerprint density at radius 1 is 1.12 bits per heavy atom. The first-order valence-electron chi connectivity index (χ1n) is 3.62. The lowest BCUT2D eigenvalue weighted by Crippen LogP contribution is -2.20. The van der Waals surface area contributed by atoms with Crippen molar-refractivity contribution in [2.45, 2.75) is 6.18 Å². The lowest BCUT2D eigenvalue weighted by Gasteiger charge is -2.11. The molecule has 0 radical (unpaired) electrons. The van der Waals surface area contributed by atoms with E-state index in [1.165, 1.54) is 0 Å². The number of rotatable bonds is 2. The first kappa shape index (κ1) is 12.9. The van der Waals surface area contributed by atoms with Crippen LogP contribution < -0.4 is 4.74 Å². The van der Waals surface area contributed by atoms with Gasteiger partial charge < -0.3 is 4.74 Å². The molecule has 1 heterocycles. The molecule has 2 nitrogen and oxygen atoms in total. The molecule has 1 aromatic rings. The first-order chi connectivity index (χ1) is 7.22. The van der Waals surface area contributed by atoms with E-state index < -0.39 is 41.3 Å². The van der Waals surface area contributed by atoms with Gasteiger partial charge >= 0.3 is 6.18 Å². The summed E-state index contributed by atoms with van der Waals surface area (Å²) in [6.07, 6.45) is -4.79. The first-order valence-corrected chi connectivity index (χ1v) is 3.99. The molecule has 0 bridgehead atoms. The number of alkyl halides is 3. The quantitative estimate of drug-likeness (QED) is 0.605.